The van der Waals surface area contributed by atoms with Crippen molar-refractivity contribution < 1.29 is 9.13 Å². The molecule has 0 spiro atoms. The van der Waals surface area contributed by atoms with Crippen molar-refractivity contribution in [1.82, 2.24) is 5.32 Å². The second-order valence-electron chi connectivity index (χ2n) is 3.91. The van der Waals surface area contributed by atoms with Crippen LogP contribution in [0.4, 0.5) is 4.39 Å². The lowest BCUT2D eigenvalue weighted by Crippen LogP contribution is -2.61. The van der Waals surface area contributed by atoms with E-state index in [1.807, 2.05) is 6.92 Å². The highest BCUT2D eigenvalue weighted by molar-refractivity contribution is 5.38. The molecular weight excluding hydrogens is 195 g/mol. The molecule has 1 fully saturated rings. The summed E-state index contributed by atoms with van der Waals surface area (Å²) in [6.45, 7) is 3.51. The molecule has 3 nitrogen and oxygen atoms in total. The highest BCUT2D eigenvalue weighted by Crippen LogP contribution is 2.23. The minimum atomic E-state index is -0.512. The minimum Gasteiger partial charge on any atom is -0.485 e. The Balaban J connectivity index is 2.19. The summed E-state index contributed by atoms with van der Waals surface area (Å²) in [6, 6.07) is 6.01. The van der Waals surface area contributed by atoms with Crippen molar-refractivity contribution in [2.24, 2.45) is 0 Å². The van der Waals surface area contributed by atoms with E-state index in [0.717, 1.165) is 13.1 Å². The van der Waals surface area contributed by atoms with Crippen LogP contribution >= 0.6 is 0 Å². The molecule has 1 aromatic rings. The predicted octanol–water partition coefficient (Wildman–Crippen LogP) is 1.44. The van der Waals surface area contributed by atoms with E-state index in [1.54, 1.807) is 12.1 Å². The lowest BCUT2D eigenvalue weighted by Gasteiger charge is -2.39. The van der Waals surface area contributed by atoms with E-state index in [-0.39, 0.29) is 11.2 Å². The lowest BCUT2D eigenvalue weighted by atomic mass is 10.00. The molecule has 0 amide bonds. The molecule has 0 aliphatic carbocycles. The standard InChI is InChI=1S/C11H11FN2O/c1-11(6-14-7-11)15-9-2-3-10(12)8(4-9)5-13/h2-4,14H,6-7H2,1H3. The van der Waals surface area contributed by atoms with Crippen LogP contribution in [0.3, 0.4) is 0 Å². The summed E-state index contributed by atoms with van der Waals surface area (Å²) in [4.78, 5) is 0. The first kappa shape index (κ1) is 9.94. The van der Waals surface area contributed by atoms with Crippen molar-refractivity contribution >= 4 is 0 Å². The molecule has 0 saturated carbocycles. The van der Waals surface area contributed by atoms with E-state index in [9.17, 15) is 4.39 Å². The third-order valence-corrected chi connectivity index (χ3v) is 2.42. The summed E-state index contributed by atoms with van der Waals surface area (Å²) < 4.78 is 18.7. The summed E-state index contributed by atoms with van der Waals surface area (Å²) in [6.07, 6.45) is 0. The largest absolute Gasteiger partial charge is 0.485 e. The number of benzene rings is 1. The first-order valence-corrected chi connectivity index (χ1v) is 4.72. The molecule has 1 heterocycles. The van der Waals surface area contributed by atoms with Gasteiger partial charge in [-0.15, -0.1) is 0 Å². The van der Waals surface area contributed by atoms with Gasteiger partial charge < -0.3 is 10.1 Å². The number of hydrogen-bond acceptors (Lipinski definition) is 3. The first-order valence-electron chi connectivity index (χ1n) is 4.72. The van der Waals surface area contributed by atoms with Gasteiger partial charge in [0.1, 0.15) is 23.2 Å². The predicted molar refractivity (Wildman–Crippen MR) is 53.0 cm³/mol. The second-order valence-corrected chi connectivity index (χ2v) is 3.91. The molecule has 0 unspecified atom stereocenters. The summed E-state index contributed by atoms with van der Waals surface area (Å²) >= 11 is 0. The van der Waals surface area contributed by atoms with Crippen molar-refractivity contribution in [2.45, 2.75) is 12.5 Å². The zero-order valence-electron chi connectivity index (χ0n) is 8.38. The number of nitriles is 1. The number of nitrogens with one attached hydrogen (secondary N) is 1. The SMILES string of the molecule is CC1(Oc2ccc(F)c(C#N)c2)CNC1. The van der Waals surface area contributed by atoms with Gasteiger partial charge in [-0.25, -0.2) is 4.39 Å². The van der Waals surface area contributed by atoms with E-state index in [1.165, 1.54) is 12.1 Å². The molecule has 15 heavy (non-hydrogen) atoms. The fourth-order valence-electron chi connectivity index (χ4n) is 1.49. The van der Waals surface area contributed by atoms with Gasteiger partial charge in [0.25, 0.3) is 0 Å². The van der Waals surface area contributed by atoms with Crippen LogP contribution in [0.25, 0.3) is 0 Å². The fraction of sp³-hybridized carbons (Fsp3) is 0.364. The molecule has 0 bridgehead atoms. The van der Waals surface area contributed by atoms with E-state index in [0.29, 0.717) is 5.75 Å². The Bertz CT molecular complexity index is 421. The number of nitrogens with zero attached hydrogens (tertiary/aromatic N) is 1. The van der Waals surface area contributed by atoms with Crippen LogP contribution in [0.2, 0.25) is 0 Å². The first-order chi connectivity index (χ1) is 7.13. The number of halogens is 1. The van der Waals surface area contributed by atoms with Crippen LogP contribution in [0.15, 0.2) is 18.2 Å². The third kappa shape index (κ3) is 1.92. The molecule has 1 aliphatic rings. The number of ether oxygens (including phenoxy) is 1. The Morgan fingerprint density at radius 1 is 1.53 bits per heavy atom. The quantitative estimate of drug-likeness (QED) is 0.796. The molecule has 0 radical (unpaired) electrons. The van der Waals surface area contributed by atoms with Crippen LogP contribution in [0, 0.1) is 17.1 Å². The van der Waals surface area contributed by atoms with Crippen molar-refractivity contribution in [2.75, 3.05) is 13.1 Å². The van der Waals surface area contributed by atoms with E-state index >= 15 is 0 Å². The summed E-state index contributed by atoms with van der Waals surface area (Å²) in [5, 5.41) is 11.8. The molecule has 1 saturated heterocycles. The van der Waals surface area contributed by atoms with E-state index in [4.69, 9.17) is 10.00 Å². The van der Waals surface area contributed by atoms with Crippen molar-refractivity contribution in [3.63, 3.8) is 0 Å². The molecular formula is C11H11FN2O. The van der Waals surface area contributed by atoms with Crippen molar-refractivity contribution in [1.29, 1.82) is 5.26 Å². The minimum absolute atomic E-state index is 0.0170. The van der Waals surface area contributed by atoms with Crippen molar-refractivity contribution in [3.05, 3.63) is 29.6 Å². The molecule has 2 rings (SSSR count). The van der Waals surface area contributed by atoms with Gasteiger partial charge in [-0.05, 0) is 19.1 Å². The molecule has 1 N–H and O–H groups in total. The monoisotopic (exact) mass is 206 g/mol. The van der Waals surface area contributed by atoms with Crippen LogP contribution in [0.5, 0.6) is 5.75 Å². The van der Waals surface area contributed by atoms with Gasteiger partial charge in [0.15, 0.2) is 0 Å². The number of rotatable bonds is 2. The van der Waals surface area contributed by atoms with Gasteiger partial charge in [0.2, 0.25) is 0 Å². The van der Waals surface area contributed by atoms with Crippen LogP contribution in [-0.2, 0) is 0 Å². The maximum Gasteiger partial charge on any atom is 0.141 e. The molecule has 0 atom stereocenters. The highest BCUT2D eigenvalue weighted by Gasteiger charge is 2.33. The molecule has 1 aromatic carbocycles. The highest BCUT2D eigenvalue weighted by atomic mass is 19.1. The van der Waals surface area contributed by atoms with Crippen molar-refractivity contribution in [3.8, 4) is 11.8 Å². The Hall–Kier alpha value is -1.60. The van der Waals surface area contributed by atoms with Gasteiger partial charge in [0, 0.05) is 19.2 Å². The van der Waals surface area contributed by atoms with Crippen LogP contribution < -0.4 is 10.1 Å². The zero-order valence-corrected chi connectivity index (χ0v) is 8.38. The van der Waals surface area contributed by atoms with Gasteiger partial charge >= 0.3 is 0 Å². The average Bonchev–Trinajstić information content (AvgIpc) is 2.18. The van der Waals surface area contributed by atoms with Gasteiger partial charge in [-0.3, -0.25) is 0 Å². The molecule has 4 heteroatoms. The van der Waals surface area contributed by atoms with Crippen LogP contribution in [-0.4, -0.2) is 18.7 Å². The summed E-state index contributed by atoms with van der Waals surface area (Å²) in [7, 11) is 0. The number of hydrogen-bond donors (Lipinski definition) is 1. The van der Waals surface area contributed by atoms with Gasteiger partial charge in [0.05, 0.1) is 5.56 Å². The fourth-order valence-corrected chi connectivity index (χ4v) is 1.49. The normalized spacial score (nSPS) is 17.7. The maximum atomic E-state index is 13.0. The second kappa shape index (κ2) is 3.52. The molecule has 78 valence electrons. The Morgan fingerprint density at radius 3 is 2.80 bits per heavy atom. The third-order valence-electron chi connectivity index (χ3n) is 2.42. The van der Waals surface area contributed by atoms with E-state index in [2.05, 4.69) is 5.32 Å². The topological polar surface area (TPSA) is 45.0 Å². The maximum absolute atomic E-state index is 13.0. The summed E-state index contributed by atoms with van der Waals surface area (Å²) in [5.74, 6) is 0.0266. The molecule has 0 aromatic heterocycles. The smallest absolute Gasteiger partial charge is 0.141 e. The zero-order chi connectivity index (χ0) is 10.9. The lowest BCUT2D eigenvalue weighted by molar-refractivity contribution is 0.0348. The van der Waals surface area contributed by atoms with Gasteiger partial charge in [-0.2, -0.15) is 5.26 Å². The van der Waals surface area contributed by atoms with E-state index < -0.39 is 5.82 Å². The van der Waals surface area contributed by atoms with Crippen LogP contribution in [0.1, 0.15) is 12.5 Å². The molecule has 1 aliphatic heterocycles. The summed E-state index contributed by atoms with van der Waals surface area (Å²) in [5.41, 5.74) is -0.215. The Morgan fingerprint density at radius 2 is 2.27 bits per heavy atom. The average molecular weight is 206 g/mol. The Labute approximate surface area is 87.5 Å². The van der Waals surface area contributed by atoms with Gasteiger partial charge in [-0.1, -0.05) is 0 Å². The Kier molecular flexibility index (Phi) is 2.33.